The highest BCUT2D eigenvalue weighted by Gasteiger charge is 2.13. The fourth-order valence-electron chi connectivity index (χ4n) is 1.03. The third-order valence-corrected chi connectivity index (χ3v) is 1.86. The van der Waals surface area contributed by atoms with Gasteiger partial charge in [0, 0.05) is 12.1 Å². The molecule has 1 unspecified atom stereocenters. The van der Waals surface area contributed by atoms with Crippen LogP contribution < -0.4 is 5.32 Å². The molecule has 7 nitrogen and oxygen atoms in total. The molecule has 0 aliphatic heterocycles. The van der Waals surface area contributed by atoms with E-state index in [0.717, 1.165) is 12.3 Å². The van der Waals surface area contributed by atoms with Crippen molar-refractivity contribution in [1.82, 2.24) is 4.98 Å². The molecule has 1 aromatic rings. The molecule has 0 aliphatic rings. The number of rotatable bonds is 4. The van der Waals surface area contributed by atoms with Crippen LogP contribution in [-0.2, 0) is 0 Å². The SMILES string of the molecule is CC(CO)Nc1ncc([N+](=O)[O-])cc1C#N. The van der Waals surface area contributed by atoms with Gasteiger partial charge in [0.1, 0.15) is 23.6 Å². The van der Waals surface area contributed by atoms with Crippen molar-refractivity contribution >= 4 is 11.5 Å². The van der Waals surface area contributed by atoms with Crippen molar-refractivity contribution in [2.24, 2.45) is 0 Å². The lowest BCUT2D eigenvalue weighted by Crippen LogP contribution is -2.20. The lowest BCUT2D eigenvalue weighted by Gasteiger charge is -2.11. The van der Waals surface area contributed by atoms with Gasteiger partial charge in [-0.1, -0.05) is 0 Å². The zero-order chi connectivity index (χ0) is 12.1. The van der Waals surface area contributed by atoms with Gasteiger partial charge in [-0.2, -0.15) is 5.26 Å². The Hall–Kier alpha value is -2.20. The Balaban J connectivity index is 3.03. The summed E-state index contributed by atoms with van der Waals surface area (Å²) in [6, 6.07) is 2.67. The van der Waals surface area contributed by atoms with Crippen LogP contribution >= 0.6 is 0 Å². The molecule has 0 aromatic carbocycles. The van der Waals surface area contributed by atoms with E-state index in [1.807, 2.05) is 6.07 Å². The van der Waals surface area contributed by atoms with E-state index in [1.165, 1.54) is 0 Å². The smallest absolute Gasteiger partial charge is 0.289 e. The van der Waals surface area contributed by atoms with Gasteiger partial charge in [-0.25, -0.2) is 4.98 Å². The van der Waals surface area contributed by atoms with Crippen LogP contribution in [0.25, 0.3) is 0 Å². The Morgan fingerprint density at radius 2 is 2.50 bits per heavy atom. The van der Waals surface area contributed by atoms with Gasteiger partial charge >= 0.3 is 0 Å². The fourth-order valence-corrected chi connectivity index (χ4v) is 1.03. The van der Waals surface area contributed by atoms with Crippen molar-refractivity contribution in [3.05, 3.63) is 27.9 Å². The highest BCUT2D eigenvalue weighted by Crippen LogP contribution is 2.18. The molecule has 16 heavy (non-hydrogen) atoms. The minimum absolute atomic E-state index is 0.0782. The van der Waals surface area contributed by atoms with Gasteiger partial charge in [0.2, 0.25) is 0 Å². The average molecular weight is 222 g/mol. The van der Waals surface area contributed by atoms with Gasteiger partial charge in [0.15, 0.2) is 0 Å². The summed E-state index contributed by atoms with van der Waals surface area (Å²) in [6.07, 6.45) is 1.06. The molecule has 1 aromatic heterocycles. The maximum absolute atomic E-state index is 10.5. The van der Waals surface area contributed by atoms with E-state index >= 15 is 0 Å². The largest absolute Gasteiger partial charge is 0.394 e. The van der Waals surface area contributed by atoms with Crippen LogP contribution in [0.3, 0.4) is 0 Å². The minimum Gasteiger partial charge on any atom is -0.394 e. The zero-order valence-corrected chi connectivity index (χ0v) is 8.54. The first kappa shape index (κ1) is 11.9. The molecule has 84 valence electrons. The number of nitrogens with one attached hydrogen (secondary N) is 1. The number of nitriles is 1. The molecule has 1 heterocycles. The zero-order valence-electron chi connectivity index (χ0n) is 8.54. The summed E-state index contributed by atoms with van der Waals surface area (Å²) >= 11 is 0. The quantitative estimate of drug-likeness (QED) is 0.571. The fraction of sp³-hybridized carbons (Fsp3) is 0.333. The van der Waals surface area contributed by atoms with Crippen molar-refractivity contribution in [3.8, 4) is 6.07 Å². The Morgan fingerprint density at radius 1 is 1.81 bits per heavy atom. The number of pyridine rings is 1. The normalized spacial score (nSPS) is 11.6. The molecule has 7 heteroatoms. The lowest BCUT2D eigenvalue weighted by atomic mass is 10.2. The summed E-state index contributed by atoms with van der Waals surface area (Å²) in [5, 5.41) is 30.8. The van der Waals surface area contributed by atoms with E-state index in [9.17, 15) is 10.1 Å². The van der Waals surface area contributed by atoms with Crippen LogP contribution in [0.15, 0.2) is 12.3 Å². The summed E-state index contributed by atoms with van der Waals surface area (Å²) in [5.74, 6) is 0.231. The second kappa shape index (κ2) is 5.04. The third kappa shape index (κ3) is 2.65. The molecular formula is C9H10N4O3. The molecule has 0 spiro atoms. The summed E-state index contributed by atoms with van der Waals surface area (Å²) in [7, 11) is 0. The number of nitro groups is 1. The van der Waals surface area contributed by atoms with E-state index in [2.05, 4.69) is 10.3 Å². The molecule has 0 fully saturated rings. The second-order valence-corrected chi connectivity index (χ2v) is 3.19. The molecule has 2 N–H and O–H groups in total. The van der Waals surface area contributed by atoms with Crippen LogP contribution in [-0.4, -0.2) is 27.7 Å². The predicted octanol–water partition coefficient (Wildman–Crippen LogP) is 0.654. The van der Waals surface area contributed by atoms with E-state index in [1.54, 1.807) is 6.92 Å². The Kier molecular flexibility index (Phi) is 3.74. The van der Waals surface area contributed by atoms with Crippen molar-refractivity contribution < 1.29 is 10.0 Å². The topological polar surface area (TPSA) is 112 Å². The maximum atomic E-state index is 10.5. The lowest BCUT2D eigenvalue weighted by molar-refractivity contribution is -0.385. The number of aromatic nitrogens is 1. The number of anilines is 1. The number of aliphatic hydroxyl groups is 1. The maximum Gasteiger partial charge on any atom is 0.289 e. The summed E-state index contributed by atoms with van der Waals surface area (Å²) in [6.45, 7) is 1.58. The van der Waals surface area contributed by atoms with E-state index in [-0.39, 0.29) is 29.7 Å². The second-order valence-electron chi connectivity index (χ2n) is 3.19. The van der Waals surface area contributed by atoms with E-state index < -0.39 is 4.92 Å². The average Bonchev–Trinajstić information content (AvgIpc) is 2.29. The van der Waals surface area contributed by atoms with Crippen LogP contribution in [0.5, 0.6) is 0 Å². The molecule has 0 aliphatic carbocycles. The van der Waals surface area contributed by atoms with Gasteiger partial charge in [-0.15, -0.1) is 0 Å². The van der Waals surface area contributed by atoms with Gasteiger partial charge < -0.3 is 10.4 Å². The minimum atomic E-state index is -0.618. The van der Waals surface area contributed by atoms with E-state index in [4.69, 9.17) is 10.4 Å². The van der Waals surface area contributed by atoms with Gasteiger partial charge in [-0.05, 0) is 6.92 Å². The van der Waals surface area contributed by atoms with Gasteiger partial charge in [0.25, 0.3) is 5.69 Å². The molecule has 0 radical (unpaired) electrons. The Labute approximate surface area is 91.5 Å². The molecule has 0 amide bonds. The van der Waals surface area contributed by atoms with Crippen LogP contribution in [0.1, 0.15) is 12.5 Å². The van der Waals surface area contributed by atoms with Crippen LogP contribution in [0, 0.1) is 21.4 Å². The third-order valence-electron chi connectivity index (χ3n) is 1.86. The van der Waals surface area contributed by atoms with Gasteiger partial charge in [-0.3, -0.25) is 10.1 Å². The molecule has 1 rings (SSSR count). The summed E-state index contributed by atoms with van der Waals surface area (Å²) < 4.78 is 0. The van der Waals surface area contributed by atoms with Crippen molar-refractivity contribution in [2.45, 2.75) is 13.0 Å². The summed E-state index contributed by atoms with van der Waals surface area (Å²) in [4.78, 5) is 13.6. The van der Waals surface area contributed by atoms with Gasteiger partial charge in [0.05, 0.1) is 11.5 Å². The number of aliphatic hydroxyl groups excluding tert-OH is 1. The first-order valence-electron chi connectivity index (χ1n) is 4.50. The first-order chi connectivity index (χ1) is 7.58. The molecular weight excluding hydrogens is 212 g/mol. The van der Waals surface area contributed by atoms with Crippen LogP contribution in [0.2, 0.25) is 0 Å². The molecule has 0 saturated heterocycles. The first-order valence-corrected chi connectivity index (χ1v) is 4.50. The monoisotopic (exact) mass is 222 g/mol. The Morgan fingerprint density at radius 3 is 3.00 bits per heavy atom. The number of hydrogen-bond acceptors (Lipinski definition) is 6. The van der Waals surface area contributed by atoms with Crippen LogP contribution in [0.4, 0.5) is 11.5 Å². The molecule has 1 atom stereocenters. The van der Waals surface area contributed by atoms with Crippen molar-refractivity contribution in [1.29, 1.82) is 5.26 Å². The number of nitrogens with zero attached hydrogens (tertiary/aromatic N) is 3. The molecule has 0 bridgehead atoms. The standard InChI is InChI=1S/C9H10N4O3/c1-6(5-14)12-9-7(3-10)2-8(4-11-9)13(15)16/h2,4,6,14H,5H2,1H3,(H,11,12). The van der Waals surface area contributed by atoms with Crippen molar-refractivity contribution in [3.63, 3.8) is 0 Å². The highest BCUT2D eigenvalue weighted by atomic mass is 16.6. The number of hydrogen-bond donors (Lipinski definition) is 2. The predicted molar refractivity (Wildman–Crippen MR) is 55.8 cm³/mol. The highest BCUT2D eigenvalue weighted by molar-refractivity contribution is 5.55. The van der Waals surface area contributed by atoms with Crippen molar-refractivity contribution in [2.75, 3.05) is 11.9 Å². The summed E-state index contributed by atoms with van der Waals surface area (Å²) in [5.41, 5.74) is -0.159. The van der Waals surface area contributed by atoms with E-state index in [0.29, 0.717) is 0 Å². The Bertz CT molecular complexity index is 441. The molecule has 0 saturated carbocycles.